The fraction of sp³-hybridized carbons (Fsp3) is 0.750. The summed E-state index contributed by atoms with van der Waals surface area (Å²) in [5, 5.41) is 7.40. The molecule has 0 aliphatic carbocycles. The second kappa shape index (κ2) is 9.52. The van der Waals surface area contributed by atoms with Crippen molar-refractivity contribution in [1.29, 1.82) is 0 Å². The zero-order valence-corrected chi connectivity index (χ0v) is 14.7. The van der Waals surface area contributed by atoms with Crippen molar-refractivity contribution in [1.82, 2.24) is 25.2 Å². The standard InChI is InChI=1S/C16H30N6O/c1-4-17-16(18-7-8-20(3)5-2)22-11-9-21(10-12-22)14-15-6-13-23-19-15/h6,13H,4-5,7-12,14H2,1-3H3,(H,17,18). The van der Waals surface area contributed by atoms with Crippen molar-refractivity contribution in [2.75, 3.05) is 59.4 Å². The van der Waals surface area contributed by atoms with Gasteiger partial charge in [0.15, 0.2) is 5.96 Å². The van der Waals surface area contributed by atoms with Crippen LogP contribution < -0.4 is 5.32 Å². The molecule has 1 aromatic rings. The van der Waals surface area contributed by atoms with Gasteiger partial charge in [-0.3, -0.25) is 9.89 Å². The van der Waals surface area contributed by atoms with Crippen LogP contribution in [0.1, 0.15) is 19.5 Å². The van der Waals surface area contributed by atoms with Crippen LogP contribution >= 0.6 is 0 Å². The third kappa shape index (κ3) is 5.84. The first-order valence-electron chi connectivity index (χ1n) is 8.56. The minimum atomic E-state index is 0.839. The minimum Gasteiger partial charge on any atom is -0.364 e. The lowest BCUT2D eigenvalue weighted by molar-refractivity contribution is 0.169. The van der Waals surface area contributed by atoms with E-state index < -0.39 is 0 Å². The predicted molar refractivity (Wildman–Crippen MR) is 92.5 cm³/mol. The fourth-order valence-electron chi connectivity index (χ4n) is 2.58. The number of rotatable bonds is 7. The van der Waals surface area contributed by atoms with E-state index in [-0.39, 0.29) is 0 Å². The Kier molecular flexibility index (Phi) is 7.35. The van der Waals surface area contributed by atoms with Crippen LogP contribution in [0.5, 0.6) is 0 Å². The summed E-state index contributed by atoms with van der Waals surface area (Å²) in [6, 6.07) is 1.93. The zero-order chi connectivity index (χ0) is 16.5. The molecular weight excluding hydrogens is 292 g/mol. The number of piperazine rings is 1. The second-order valence-electron chi connectivity index (χ2n) is 5.89. The number of hydrogen-bond acceptors (Lipinski definition) is 5. The third-order valence-electron chi connectivity index (χ3n) is 4.17. The predicted octanol–water partition coefficient (Wildman–Crippen LogP) is 0.709. The molecule has 7 heteroatoms. The second-order valence-corrected chi connectivity index (χ2v) is 5.89. The van der Waals surface area contributed by atoms with Gasteiger partial charge in [0.1, 0.15) is 6.26 Å². The lowest BCUT2D eigenvalue weighted by Gasteiger charge is -2.36. The summed E-state index contributed by atoms with van der Waals surface area (Å²) in [6.45, 7) is 13.0. The highest BCUT2D eigenvalue weighted by Gasteiger charge is 2.20. The van der Waals surface area contributed by atoms with Gasteiger partial charge in [0.2, 0.25) is 0 Å². The molecule has 2 heterocycles. The lowest BCUT2D eigenvalue weighted by Crippen LogP contribution is -2.52. The van der Waals surface area contributed by atoms with Gasteiger partial charge in [-0.15, -0.1) is 0 Å². The molecule has 0 radical (unpaired) electrons. The quantitative estimate of drug-likeness (QED) is 0.589. The number of guanidine groups is 1. The summed E-state index contributed by atoms with van der Waals surface area (Å²) in [5.74, 6) is 1.04. The lowest BCUT2D eigenvalue weighted by atomic mass is 10.3. The topological polar surface area (TPSA) is 60.1 Å². The molecular formula is C16H30N6O. The van der Waals surface area contributed by atoms with E-state index in [4.69, 9.17) is 9.52 Å². The third-order valence-corrected chi connectivity index (χ3v) is 4.17. The highest BCUT2D eigenvalue weighted by atomic mass is 16.5. The van der Waals surface area contributed by atoms with E-state index in [1.54, 1.807) is 6.26 Å². The molecule has 1 aromatic heterocycles. The number of aromatic nitrogens is 1. The average Bonchev–Trinajstić information content (AvgIpc) is 3.07. The summed E-state index contributed by atoms with van der Waals surface area (Å²) in [7, 11) is 2.13. The number of likely N-dealkylation sites (N-methyl/N-ethyl adjacent to an activating group) is 1. The normalized spacial score (nSPS) is 17.0. The molecule has 0 unspecified atom stereocenters. The van der Waals surface area contributed by atoms with E-state index >= 15 is 0 Å². The van der Waals surface area contributed by atoms with Gasteiger partial charge in [-0.1, -0.05) is 12.1 Å². The molecule has 0 bridgehead atoms. The van der Waals surface area contributed by atoms with Crippen LogP contribution in [0, 0.1) is 0 Å². The Balaban J connectivity index is 1.80. The minimum absolute atomic E-state index is 0.839. The van der Waals surface area contributed by atoms with Crippen LogP contribution in [0.25, 0.3) is 0 Å². The van der Waals surface area contributed by atoms with Crippen LogP contribution in [-0.4, -0.2) is 85.2 Å². The molecule has 130 valence electrons. The van der Waals surface area contributed by atoms with Crippen molar-refractivity contribution in [3.05, 3.63) is 18.0 Å². The number of nitrogens with zero attached hydrogens (tertiary/aromatic N) is 5. The molecule has 0 atom stereocenters. The van der Waals surface area contributed by atoms with E-state index in [0.29, 0.717) is 0 Å². The summed E-state index contributed by atoms with van der Waals surface area (Å²) < 4.78 is 4.90. The van der Waals surface area contributed by atoms with E-state index in [0.717, 1.165) is 70.6 Å². The molecule has 1 fully saturated rings. The first-order chi connectivity index (χ1) is 11.2. The van der Waals surface area contributed by atoms with Gasteiger partial charge >= 0.3 is 0 Å². The van der Waals surface area contributed by atoms with Gasteiger partial charge in [0, 0.05) is 51.9 Å². The van der Waals surface area contributed by atoms with Crippen LogP contribution in [-0.2, 0) is 6.54 Å². The number of nitrogens with one attached hydrogen (secondary N) is 1. The molecule has 1 saturated heterocycles. The smallest absolute Gasteiger partial charge is 0.194 e. The van der Waals surface area contributed by atoms with E-state index in [1.807, 2.05) is 6.07 Å². The van der Waals surface area contributed by atoms with Gasteiger partial charge in [0.05, 0.1) is 12.2 Å². The van der Waals surface area contributed by atoms with Crippen molar-refractivity contribution in [3.63, 3.8) is 0 Å². The molecule has 7 nitrogen and oxygen atoms in total. The van der Waals surface area contributed by atoms with Gasteiger partial charge < -0.3 is 19.6 Å². The van der Waals surface area contributed by atoms with Crippen molar-refractivity contribution >= 4 is 5.96 Å². The van der Waals surface area contributed by atoms with Crippen LogP contribution in [0.3, 0.4) is 0 Å². The summed E-state index contributed by atoms with van der Waals surface area (Å²) in [6.07, 6.45) is 1.63. The first kappa shape index (κ1) is 17.7. The van der Waals surface area contributed by atoms with Gasteiger partial charge in [-0.05, 0) is 20.5 Å². The maximum absolute atomic E-state index is 4.90. The average molecular weight is 322 g/mol. The van der Waals surface area contributed by atoms with Crippen LogP contribution in [0.2, 0.25) is 0 Å². The molecule has 0 amide bonds. The summed E-state index contributed by atoms with van der Waals surface area (Å²) in [4.78, 5) is 11.8. The SMILES string of the molecule is CCNC(=NCCN(C)CC)N1CCN(Cc2ccon2)CC1. The monoisotopic (exact) mass is 322 g/mol. The molecule has 1 N–H and O–H groups in total. The molecule has 23 heavy (non-hydrogen) atoms. The van der Waals surface area contributed by atoms with Crippen LogP contribution in [0.4, 0.5) is 0 Å². The number of hydrogen-bond donors (Lipinski definition) is 1. The first-order valence-corrected chi connectivity index (χ1v) is 8.56. The Bertz CT molecular complexity index is 453. The Morgan fingerprint density at radius 3 is 2.74 bits per heavy atom. The Hall–Kier alpha value is -1.60. The molecule has 0 aromatic carbocycles. The highest BCUT2D eigenvalue weighted by Crippen LogP contribution is 2.07. The van der Waals surface area contributed by atoms with Crippen molar-refractivity contribution < 1.29 is 4.52 Å². The fourth-order valence-corrected chi connectivity index (χ4v) is 2.58. The van der Waals surface area contributed by atoms with E-state index in [2.05, 4.69) is 46.1 Å². The molecule has 0 spiro atoms. The summed E-state index contributed by atoms with van der Waals surface area (Å²) >= 11 is 0. The Morgan fingerprint density at radius 2 is 2.13 bits per heavy atom. The van der Waals surface area contributed by atoms with Crippen molar-refractivity contribution in [3.8, 4) is 0 Å². The van der Waals surface area contributed by atoms with E-state index in [9.17, 15) is 0 Å². The van der Waals surface area contributed by atoms with Gasteiger partial charge in [-0.25, -0.2) is 0 Å². The maximum atomic E-state index is 4.90. The molecule has 1 aliphatic rings. The van der Waals surface area contributed by atoms with Gasteiger partial charge in [0.25, 0.3) is 0 Å². The molecule has 0 saturated carbocycles. The van der Waals surface area contributed by atoms with Gasteiger partial charge in [-0.2, -0.15) is 0 Å². The summed E-state index contributed by atoms with van der Waals surface area (Å²) in [5.41, 5.74) is 1.00. The largest absolute Gasteiger partial charge is 0.364 e. The Morgan fingerprint density at radius 1 is 1.35 bits per heavy atom. The number of aliphatic imine (C=N–C) groups is 1. The van der Waals surface area contributed by atoms with Crippen LogP contribution in [0.15, 0.2) is 21.8 Å². The maximum Gasteiger partial charge on any atom is 0.194 e. The molecule has 2 rings (SSSR count). The zero-order valence-electron chi connectivity index (χ0n) is 14.7. The molecule has 1 aliphatic heterocycles. The van der Waals surface area contributed by atoms with Crippen molar-refractivity contribution in [2.24, 2.45) is 4.99 Å². The Labute approximate surface area is 139 Å². The van der Waals surface area contributed by atoms with E-state index in [1.165, 1.54) is 0 Å². The highest BCUT2D eigenvalue weighted by molar-refractivity contribution is 5.80. The van der Waals surface area contributed by atoms with Crippen molar-refractivity contribution in [2.45, 2.75) is 20.4 Å².